The molecule has 140 valence electrons. The van der Waals surface area contributed by atoms with Crippen molar-refractivity contribution < 1.29 is 15.0 Å². The fourth-order valence-corrected chi connectivity index (χ4v) is 2.35. The molecule has 0 rings (SSSR count). The van der Waals surface area contributed by atoms with Crippen LogP contribution in [0.1, 0.15) is 78.1 Å². The number of allylic oxidation sites excluding steroid dienone is 3. The monoisotopic (exact) mass is 339 g/mol. The van der Waals surface area contributed by atoms with Crippen LogP contribution >= 0.6 is 0 Å². The number of aliphatic hydroxyl groups excluding tert-OH is 2. The van der Waals surface area contributed by atoms with Gasteiger partial charge in [-0.05, 0) is 25.7 Å². The van der Waals surface area contributed by atoms with Crippen molar-refractivity contribution in [3.63, 3.8) is 0 Å². The lowest BCUT2D eigenvalue weighted by Gasteiger charge is -2.19. The summed E-state index contributed by atoms with van der Waals surface area (Å²) in [5, 5.41) is 22.1. The topological polar surface area (TPSA) is 69.6 Å². The maximum Gasteiger partial charge on any atom is 0.220 e. The lowest BCUT2D eigenvalue weighted by atomic mass is 10.1. The number of hydrogen-bond donors (Lipinski definition) is 3. The Kier molecular flexibility index (Phi) is 15.9. The first-order chi connectivity index (χ1) is 11.7. The van der Waals surface area contributed by atoms with Crippen LogP contribution in [0, 0.1) is 0 Å². The van der Waals surface area contributed by atoms with Crippen LogP contribution in [0.3, 0.4) is 0 Å². The third-order valence-electron chi connectivity index (χ3n) is 3.94. The molecule has 4 nitrogen and oxygen atoms in total. The van der Waals surface area contributed by atoms with Crippen molar-refractivity contribution in [1.29, 1.82) is 0 Å². The molecule has 0 aliphatic heterocycles. The number of rotatable bonds is 15. The number of nitrogens with one attached hydrogen (secondary N) is 1. The Balaban J connectivity index is 3.97. The van der Waals surface area contributed by atoms with Crippen molar-refractivity contribution in [2.45, 2.75) is 90.2 Å². The molecule has 2 unspecified atom stereocenters. The molecule has 0 fully saturated rings. The molecule has 0 saturated heterocycles. The molecule has 24 heavy (non-hydrogen) atoms. The average Bonchev–Trinajstić information content (AvgIpc) is 2.58. The number of aliphatic hydroxyl groups is 2. The summed E-state index contributed by atoms with van der Waals surface area (Å²) >= 11 is 0. The Morgan fingerprint density at radius 2 is 1.62 bits per heavy atom. The largest absolute Gasteiger partial charge is 0.394 e. The van der Waals surface area contributed by atoms with Gasteiger partial charge in [0.05, 0.1) is 18.8 Å². The Bertz CT molecular complexity index is 353. The highest BCUT2D eigenvalue weighted by Gasteiger charge is 2.17. The lowest BCUT2D eigenvalue weighted by Crippen LogP contribution is -2.45. The molecule has 0 aliphatic carbocycles. The van der Waals surface area contributed by atoms with Crippen LogP contribution in [0.25, 0.3) is 0 Å². The van der Waals surface area contributed by atoms with Crippen LogP contribution < -0.4 is 5.32 Å². The van der Waals surface area contributed by atoms with Gasteiger partial charge in [-0.1, -0.05) is 70.3 Å². The Morgan fingerprint density at radius 1 is 0.958 bits per heavy atom. The molecular weight excluding hydrogens is 302 g/mol. The zero-order valence-corrected chi connectivity index (χ0v) is 15.5. The molecule has 0 heterocycles. The SMILES string of the molecule is CCCC/C=C/CC/C=C/C(O)C(CO)NC(=O)CCCCCC. The standard InChI is InChI=1S/C20H37NO3/c1-3-5-7-9-10-11-12-13-15-19(23)18(17-22)21-20(24)16-14-8-6-4-2/h9-10,13,15,18-19,22-23H,3-8,11-12,14,16-17H2,1-2H3,(H,21,24)/b10-9+,15-13+. The summed E-state index contributed by atoms with van der Waals surface area (Å²) in [6.45, 7) is 4.05. The predicted molar refractivity (Wildman–Crippen MR) is 101 cm³/mol. The molecule has 0 aliphatic rings. The van der Waals surface area contributed by atoms with E-state index < -0.39 is 12.1 Å². The molecule has 2 atom stereocenters. The van der Waals surface area contributed by atoms with Crippen molar-refractivity contribution in [2.24, 2.45) is 0 Å². The third-order valence-corrected chi connectivity index (χ3v) is 3.94. The fourth-order valence-electron chi connectivity index (χ4n) is 2.35. The highest BCUT2D eigenvalue weighted by atomic mass is 16.3. The Hall–Kier alpha value is -1.13. The van der Waals surface area contributed by atoms with Crippen molar-refractivity contribution >= 4 is 5.91 Å². The van der Waals surface area contributed by atoms with Crippen LogP contribution in [-0.4, -0.2) is 34.9 Å². The molecule has 4 heteroatoms. The van der Waals surface area contributed by atoms with E-state index in [4.69, 9.17) is 0 Å². The number of carbonyl (C=O) groups excluding carboxylic acids is 1. The first kappa shape index (κ1) is 22.9. The third kappa shape index (κ3) is 13.3. The minimum Gasteiger partial charge on any atom is -0.394 e. The average molecular weight is 340 g/mol. The van der Waals surface area contributed by atoms with Crippen LogP contribution in [-0.2, 0) is 4.79 Å². The normalized spacial score (nSPS) is 14.3. The smallest absolute Gasteiger partial charge is 0.220 e. The second kappa shape index (κ2) is 16.7. The summed E-state index contributed by atoms with van der Waals surface area (Å²) in [5.74, 6) is -0.100. The van der Waals surface area contributed by atoms with Crippen molar-refractivity contribution in [1.82, 2.24) is 5.32 Å². The van der Waals surface area contributed by atoms with E-state index in [0.717, 1.165) is 44.9 Å². The summed E-state index contributed by atoms with van der Waals surface area (Å²) in [7, 11) is 0. The summed E-state index contributed by atoms with van der Waals surface area (Å²) in [6.07, 6.45) is 17.1. The van der Waals surface area contributed by atoms with Gasteiger partial charge in [-0.2, -0.15) is 0 Å². The second-order valence-corrected chi connectivity index (χ2v) is 6.28. The zero-order valence-electron chi connectivity index (χ0n) is 15.5. The number of carbonyl (C=O) groups is 1. The summed E-state index contributed by atoms with van der Waals surface area (Å²) < 4.78 is 0. The quantitative estimate of drug-likeness (QED) is 0.313. The number of unbranched alkanes of at least 4 members (excludes halogenated alkanes) is 6. The molecule has 0 bridgehead atoms. The molecule has 1 amide bonds. The van der Waals surface area contributed by atoms with Gasteiger partial charge >= 0.3 is 0 Å². The van der Waals surface area contributed by atoms with Crippen molar-refractivity contribution in [3.05, 3.63) is 24.3 Å². The minimum absolute atomic E-state index is 0.100. The summed E-state index contributed by atoms with van der Waals surface area (Å²) in [4.78, 5) is 11.8. The Morgan fingerprint density at radius 3 is 2.29 bits per heavy atom. The van der Waals surface area contributed by atoms with Crippen molar-refractivity contribution in [3.8, 4) is 0 Å². The Labute approximate surface area is 148 Å². The highest BCUT2D eigenvalue weighted by Crippen LogP contribution is 2.04. The van der Waals surface area contributed by atoms with Gasteiger partial charge in [0.25, 0.3) is 0 Å². The molecule has 0 aromatic carbocycles. The van der Waals surface area contributed by atoms with Crippen LogP contribution in [0.4, 0.5) is 0 Å². The molecular formula is C20H37NO3. The van der Waals surface area contributed by atoms with Gasteiger partial charge in [-0.25, -0.2) is 0 Å². The van der Waals surface area contributed by atoms with E-state index in [9.17, 15) is 15.0 Å². The predicted octanol–water partition coefficient (Wildman–Crippen LogP) is 3.88. The molecule has 0 spiro atoms. The van der Waals surface area contributed by atoms with Gasteiger partial charge in [0.1, 0.15) is 0 Å². The first-order valence-electron chi connectivity index (χ1n) is 9.55. The fraction of sp³-hybridized carbons (Fsp3) is 0.750. The van der Waals surface area contributed by atoms with Gasteiger partial charge in [0.2, 0.25) is 5.91 Å². The van der Waals surface area contributed by atoms with E-state index in [2.05, 4.69) is 31.3 Å². The van der Waals surface area contributed by atoms with Gasteiger partial charge in [0.15, 0.2) is 0 Å². The van der Waals surface area contributed by atoms with E-state index in [1.54, 1.807) is 6.08 Å². The zero-order chi connectivity index (χ0) is 18.0. The molecule has 3 N–H and O–H groups in total. The van der Waals surface area contributed by atoms with Crippen LogP contribution in [0.2, 0.25) is 0 Å². The second-order valence-electron chi connectivity index (χ2n) is 6.28. The van der Waals surface area contributed by atoms with Gasteiger partial charge in [0, 0.05) is 6.42 Å². The van der Waals surface area contributed by atoms with Crippen LogP contribution in [0.15, 0.2) is 24.3 Å². The van der Waals surface area contributed by atoms with Gasteiger partial charge in [-0.15, -0.1) is 0 Å². The molecule has 0 aromatic rings. The van der Waals surface area contributed by atoms with Crippen LogP contribution in [0.5, 0.6) is 0 Å². The minimum atomic E-state index is -0.848. The summed E-state index contributed by atoms with van der Waals surface area (Å²) in [5.41, 5.74) is 0. The van der Waals surface area contributed by atoms with Crippen molar-refractivity contribution in [2.75, 3.05) is 6.61 Å². The van der Waals surface area contributed by atoms with Gasteiger partial charge < -0.3 is 15.5 Å². The maximum absolute atomic E-state index is 11.8. The van der Waals surface area contributed by atoms with E-state index >= 15 is 0 Å². The molecule has 0 saturated carbocycles. The van der Waals surface area contributed by atoms with Gasteiger partial charge in [-0.3, -0.25) is 4.79 Å². The lowest BCUT2D eigenvalue weighted by molar-refractivity contribution is -0.123. The van der Waals surface area contributed by atoms with E-state index in [0.29, 0.717) is 6.42 Å². The highest BCUT2D eigenvalue weighted by molar-refractivity contribution is 5.76. The summed E-state index contributed by atoms with van der Waals surface area (Å²) in [6, 6.07) is -0.625. The molecule has 0 radical (unpaired) electrons. The van der Waals surface area contributed by atoms with E-state index in [1.165, 1.54) is 12.8 Å². The number of amides is 1. The maximum atomic E-state index is 11.8. The van der Waals surface area contributed by atoms with E-state index in [1.807, 2.05) is 6.08 Å². The molecule has 0 aromatic heterocycles. The number of hydrogen-bond acceptors (Lipinski definition) is 3. The first-order valence-corrected chi connectivity index (χ1v) is 9.55. The van der Waals surface area contributed by atoms with E-state index in [-0.39, 0.29) is 12.5 Å².